The summed E-state index contributed by atoms with van der Waals surface area (Å²) in [6, 6.07) is 2.99. The van der Waals surface area contributed by atoms with Crippen molar-refractivity contribution < 1.29 is 23.4 Å². The van der Waals surface area contributed by atoms with Crippen LogP contribution in [0.15, 0.2) is 12.1 Å². The molecule has 0 saturated heterocycles. The highest BCUT2D eigenvalue weighted by Gasteiger charge is 2.39. The highest BCUT2D eigenvalue weighted by molar-refractivity contribution is 5.69. The first-order valence-corrected chi connectivity index (χ1v) is 7.03. The lowest BCUT2D eigenvalue weighted by Crippen LogP contribution is -2.16. The van der Waals surface area contributed by atoms with Crippen LogP contribution in [0.2, 0.25) is 0 Å². The zero-order chi connectivity index (χ0) is 15.8. The van der Waals surface area contributed by atoms with Crippen molar-refractivity contribution in [2.24, 2.45) is 5.92 Å². The smallest absolute Gasteiger partial charge is 0.303 e. The van der Waals surface area contributed by atoms with E-state index < -0.39 is 11.9 Å². The summed E-state index contributed by atoms with van der Waals surface area (Å²) in [7, 11) is 1.36. The molecule has 0 radical (unpaired) electrons. The largest absolute Gasteiger partial charge is 0.496 e. The van der Waals surface area contributed by atoms with Crippen LogP contribution >= 0.6 is 0 Å². The van der Waals surface area contributed by atoms with Crippen molar-refractivity contribution in [3.05, 3.63) is 28.8 Å². The molecule has 1 aliphatic rings. The molecule has 0 aliphatic heterocycles. The predicted molar refractivity (Wildman–Crippen MR) is 75.0 cm³/mol. The number of carboxylic acids is 1. The van der Waals surface area contributed by atoms with Gasteiger partial charge in [-0.05, 0) is 37.3 Å². The maximum atomic E-state index is 13.8. The average Bonchev–Trinajstić information content (AvgIpc) is 3.18. The van der Waals surface area contributed by atoms with Gasteiger partial charge in [0.05, 0.1) is 19.1 Å². The van der Waals surface area contributed by atoms with Crippen LogP contribution in [0.4, 0.5) is 8.78 Å². The maximum Gasteiger partial charge on any atom is 0.303 e. The number of carbonyl (C=O) groups is 1. The summed E-state index contributed by atoms with van der Waals surface area (Å²) in [6.45, 7) is 2.64. The van der Waals surface area contributed by atoms with E-state index in [0.717, 1.165) is 25.3 Å². The first-order chi connectivity index (χ1) is 9.75. The Labute approximate surface area is 122 Å². The van der Waals surface area contributed by atoms with Gasteiger partial charge in [-0.25, -0.2) is 8.78 Å². The molecule has 1 aromatic rings. The lowest BCUT2D eigenvalue weighted by Gasteiger charge is -2.24. The number of carboxylic acid groups (broad SMARTS) is 1. The molecule has 0 spiro atoms. The molecule has 1 unspecified atom stereocenters. The lowest BCUT2D eigenvalue weighted by molar-refractivity contribution is -0.137. The van der Waals surface area contributed by atoms with Gasteiger partial charge in [0.15, 0.2) is 0 Å². The van der Waals surface area contributed by atoms with Crippen LogP contribution in [0, 0.1) is 12.8 Å². The zero-order valence-electron chi connectivity index (χ0n) is 12.5. The van der Waals surface area contributed by atoms with Crippen molar-refractivity contribution in [3.8, 4) is 5.75 Å². The highest BCUT2D eigenvalue weighted by atomic mass is 19.3. The zero-order valence-corrected chi connectivity index (χ0v) is 12.5. The van der Waals surface area contributed by atoms with Gasteiger partial charge in [-0.1, -0.05) is 6.07 Å². The number of aryl methyl sites for hydroxylation is 1. The van der Waals surface area contributed by atoms with Gasteiger partial charge in [-0.15, -0.1) is 0 Å². The Morgan fingerprint density at radius 3 is 2.52 bits per heavy atom. The molecule has 0 bridgehead atoms. The second kappa shape index (κ2) is 5.62. The standard InChI is InChI=1S/C16H20F2O3/c1-9-4-7-12(16(2,17)18)15(21-3)14(9)11(8-13(19)20)10-5-6-10/h4,7,10-11H,5-6,8H2,1-3H3,(H,19,20). The fraction of sp³-hybridized carbons (Fsp3) is 0.562. The molecule has 0 heterocycles. The molecule has 21 heavy (non-hydrogen) atoms. The number of methoxy groups -OCH3 is 1. The van der Waals surface area contributed by atoms with Crippen LogP contribution in [-0.2, 0) is 10.7 Å². The number of hydrogen-bond acceptors (Lipinski definition) is 2. The minimum Gasteiger partial charge on any atom is -0.496 e. The quantitative estimate of drug-likeness (QED) is 0.860. The Bertz CT molecular complexity index is 545. The number of benzene rings is 1. The maximum absolute atomic E-state index is 13.8. The van der Waals surface area contributed by atoms with Crippen LogP contribution in [-0.4, -0.2) is 18.2 Å². The molecule has 3 nitrogen and oxygen atoms in total. The lowest BCUT2D eigenvalue weighted by atomic mass is 9.85. The fourth-order valence-electron chi connectivity index (χ4n) is 2.92. The molecule has 5 heteroatoms. The van der Waals surface area contributed by atoms with Gasteiger partial charge < -0.3 is 9.84 Å². The summed E-state index contributed by atoms with van der Waals surface area (Å²) >= 11 is 0. The number of rotatable bonds is 6. The van der Waals surface area contributed by atoms with Crippen molar-refractivity contribution in [1.29, 1.82) is 0 Å². The summed E-state index contributed by atoms with van der Waals surface area (Å²) in [4.78, 5) is 11.1. The Morgan fingerprint density at radius 1 is 1.48 bits per heavy atom. The van der Waals surface area contributed by atoms with Gasteiger partial charge in [0.1, 0.15) is 5.75 Å². The van der Waals surface area contributed by atoms with E-state index in [9.17, 15) is 13.6 Å². The summed E-state index contributed by atoms with van der Waals surface area (Å²) in [6.07, 6.45) is 1.82. The molecule has 2 rings (SSSR count). The van der Waals surface area contributed by atoms with E-state index in [1.807, 2.05) is 6.92 Å². The third-order valence-electron chi connectivity index (χ3n) is 4.05. The van der Waals surface area contributed by atoms with Crippen molar-refractivity contribution >= 4 is 5.97 Å². The highest BCUT2D eigenvalue weighted by Crippen LogP contribution is 2.50. The van der Waals surface area contributed by atoms with E-state index in [0.29, 0.717) is 5.56 Å². The van der Waals surface area contributed by atoms with Crippen molar-refractivity contribution in [1.82, 2.24) is 0 Å². The summed E-state index contributed by atoms with van der Waals surface area (Å²) < 4.78 is 32.8. The van der Waals surface area contributed by atoms with E-state index >= 15 is 0 Å². The number of aliphatic carboxylic acids is 1. The molecular weight excluding hydrogens is 278 g/mol. The second-order valence-corrected chi connectivity index (χ2v) is 5.81. The number of ether oxygens (including phenoxy) is 1. The molecule has 1 saturated carbocycles. The minimum atomic E-state index is -3.02. The molecule has 1 aromatic carbocycles. The average molecular weight is 298 g/mol. The Kier molecular flexibility index (Phi) is 4.21. The van der Waals surface area contributed by atoms with Gasteiger partial charge in [0.2, 0.25) is 0 Å². The van der Waals surface area contributed by atoms with Crippen molar-refractivity contribution in [2.45, 2.75) is 45.0 Å². The monoisotopic (exact) mass is 298 g/mol. The SMILES string of the molecule is COc1c(C(C)(F)F)ccc(C)c1C(CC(=O)O)C1CC1. The van der Waals surface area contributed by atoms with E-state index in [-0.39, 0.29) is 29.6 Å². The number of hydrogen-bond donors (Lipinski definition) is 1. The third-order valence-corrected chi connectivity index (χ3v) is 4.05. The van der Waals surface area contributed by atoms with Crippen LogP contribution < -0.4 is 4.74 Å². The van der Waals surface area contributed by atoms with E-state index in [1.165, 1.54) is 13.2 Å². The van der Waals surface area contributed by atoms with Crippen molar-refractivity contribution in [3.63, 3.8) is 0 Å². The third kappa shape index (κ3) is 3.34. The fourth-order valence-corrected chi connectivity index (χ4v) is 2.92. The predicted octanol–water partition coefficient (Wildman–Crippen LogP) is 4.08. The molecular formula is C16H20F2O3. The molecule has 0 aromatic heterocycles. The topological polar surface area (TPSA) is 46.5 Å². The first kappa shape index (κ1) is 15.7. The first-order valence-electron chi connectivity index (χ1n) is 7.03. The normalized spacial score (nSPS) is 16.6. The van der Waals surface area contributed by atoms with Gasteiger partial charge in [-0.2, -0.15) is 0 Å². The minimum absolute atomic E-state index is 0.0550. The van der Waals surface area contributed by atoms with Gasteiger partial charge in [0.25, 0.3) is 5.92 Å². The molecule has 1 aliphatic carbocycles. The van der Waals surface area contributed by atoms with E-state index in [2.05, 4.69) is 0 Å². The van der Waals surface area contributed by atoms with Crippen LogP contribution in [0.5, 0.6) is 5.75 Å². The van der Waals surface area contributed by atoms with Crippen LogP contribution in [0.25, 0.3) is 0 Å². The Balaban J connectivity index is 2.57. The van der Waals surface area contributed by atoms with Crippen LogP contribution in [0.3, 0.4) is 0 Å². The van der Waals surface area contributed by atoms with Gasteiger partial charge >= 0.3 is 5.97 Å². The van der Waals surface area contributed by atoms with Crippen LogP contribution in [0.1, 0.15) is 48.8 Å². The molecule has 1 N–H and O–H groups in total. The summed E-state index contributed by atoms with van der Waals surface area (Å²) in [5.74, 6) is -3.82. The number of alkyl halides is 2. The van der Waals surface area contributed by atoms with Gasteiger partial charge in [-0.3, -0.25) is 4.79 Å². The summed E-state index contributed by atoms with van der Waals surface area (Å²) in [5.41, 5.74) is 1.25. The van der Waals surface area contributed by atoms with E-state index in [1.54, 1.807) is 6.07 Å². The van der Waals surface area contributed by atoms with E-state index in [4.69, 9.17) is 9.84 Å². The number of halogens is 2. The molecule has 0 amide bonds. The molecule has 1 fully saturated rings. The molecule has 116 valence electrons. The molecule has 1 atom stereocenters. The van der Waals surface area contributed by atoms with Crippen molar-refractivity contribution in [2.75, 3.05) is 7.11 Å². The second-order valence-electron chi connectivity index (χ2n) is 5.81. The summed E-state index contributed by atoms with van der Waals surface area (Å²) in [5, 5.41) is 9.12. The Hall–Kier alpha value is -1.65. The van der Waals surface area contributed by atoms with Gasteiger partial charge in [0, 0.05) is 18.4 Å². The Morgan fingerprint density at radius 2 is 2.10 bits per heavy atom.